The predicted molar refractivity (Wildman–Crippen MR) is 163 cm³/mol. The van der Waals surface area contributed by atoms with Gasteiger partial charge in [-0.3, -0.25) is 0 Å². The highest BCUT2D eigenvalue weighted by atomic mass is 14.2. The zero-order valence-electron chi connectivity index (χ0n) is 21.0. The first-order valence-corrected chi connectivity index (χ1v) is 13.1. The van der Waals surface area contributed by atoms with E-state index in [9.17, 15) is 0 Å². The van der Waals surface area contributed by atoms with Crippen molar-refractivity contribution in [2.45, 2.75) is 0 Å². The van der Waals surface area contributed by atoms with Gasteiger partial charge in [0.2, 0.25) is 0 Å². The average Bonchev–Trinajstić information content (AvgIpc) is 3.01. The molecule has 0 unspecified atom stereocenters. The van der Waals surface area contributed by atoms with E-state index in [0.29, 0.717) is 0 Å². The van der Waals surface area contributed by atoms with Crippen LogP contribution in [-0.2, 0) is 0 Å². The lowest BCUT2D eigenvalue weighted by molar-refractivity contribution is 1.60. The van der Waals surface area contributed by atoms with Crippen molar-refractivity contribution in [2.75, 3.05) is 0 Å². The molecular formula is C38H26. The van der Waals surface area contributed by atoms with Crippen molar-refractivity contribution in [3.8, 4) is 44.5 Å². The van der Waals surface area contributed by atoms with E-state index >= 15 is 0 Å². The molecule has 0 saturated heterocycles. The van der Waals surface area contributed by atoms with Gasteiger partial charge in [0.05, 0.1) is 0 Å². The van der Waals surface area contributed by atoms with Crippen molar-refractivity contribution < 1.29 is 0 Å². The number of hydrogen-bond donors (Lipinski definition) is 0. The zero-order chi connectivity index (χ0) is 25.3. The molecule has 7 rings (SSSR count). The van der Waals surface area contributed by atoms with Gasteiger partial charge in [-0.25, -0.2) is 0 Å². The molecule has 0 radical (unpaired) electrons. The van der Waals surface area contributed by atoms with Gasteiger partial charge in [-0.05, 0) is 78.2 Å². The Morgan fingerprint density at radius 2 is 0.632 bits per heavy atom. The van der Waals surface area contributed by atoms with Gasteiger partial charge in [0, 0.05) is 0 Å². The summed E-state index contributed by atoms with van der Waals surface area (Å²) in [4.78, 5) is 0. The van der Waals surface area contributed by atoms with Gasteiger partial charge in [0.15, 0.2) is 0 Å². The van der Waals surface area contributed by atoms with E-state index in [1.54, 1.807) is 0 Å². The molecule has 7 aromatic carbocycles. The number of rotatable bonds is 4. The molecule has 0 aliphatic heterocycles. The summed E-state index contributed by atoms with van der Waals surface area (Å²) in [6.45, 7) is 0. The molecule has 0 aliphatic rings. The highest BCUT2D eigenvalue weighted by Gasteiger charge is 2.17. The molecule has 178 valence electrons. The van der Waals surface area contributed by atoms with Gasteiger partial charge in [-0.15, -0.1) is 0 Å². The Bertz CT molecular complexity index is 1880. The first-order chi connectivity index (χ1) is 18.9. The molecular weight excluding hydrogens is 456 g/mol. The summed E-state index contributed by atoms with van der Waals surface area (Å²) in [5.41, 5.74) is 9.97. The highest BCUT2D eigenvalue weighted by molar-refractivity contribution is 6.22. The van der Waals surface area contributed by atoms with E-state index in [2.05, 4.69) is 158 Å². The van der Waals surface area contributed by atoms with Crippen LogP contribution in [0.5, 0.6) is 0 Å². The van der Waals surface area contributed by atoms with Crippen LogP contribution in [0.1, 0.15) is 0 Å². The van der Waals surface area contributed by atoms with Crippen molar-refractivity contribution in [3.63, 3.8) is 0 Å². The minimum absolute atomic E-state index is 1.23. The Labute approximate surface area is 223 Å². The monoisotopic (exact) mass is 482 g/mol. The van der Waals surface area contributed by atoms with Gasteiger partial charge in [-0.1, -0.05) is 146 Å². The number of benzene rings is 7. The van der Waals surface area contributed by atoms with Crippen molar-refractivity contribution in [2.24, 2.45) is 0 Å². The van der Waals surface area contributed by atoms with Crippen LogP contribution < -0.4 is 0 Å². The van der Waals surface area contributed by atoms with Gasteiger partial charge >= 0.3 is 0 Å². The highest BCUT2D eigenvalue weighted by Crippen LogP contribution is 2.45. The van der Waals surface area contributed by atoms with Gasteiger partial charge in [-0.2, -0.15) is 0 Å². The first kappa shape index (κ1) is 22.3. The lowest BCUT2D eigenvalue weighted by atomic mass is 9.84. The predicted octanol–water partition coefficient (Wildman–Crippen LogP) is 10.7. The topological polar surface area (TPSA) is 0 Å². The molecule has 0 heteroatoms. The van der Waals surface area contributed by atoms with Crippen molar-refractivity contribution in [3.05, 3.63) is 158 Å². The van der Waals surface area contributed by atoms with Gasteiger partial charge < -0.3 is 0 Å². The van der Waals surface area contributed by atoms with E-state index in [-0.39, 0.29) is 0 Å². The molecule has 0 amide bonds. The summed E-state index contributed by atoms with van der Waals surface area (Å²) in [6.07, 6.45) is 0. The minimum atomic E-state index is 1.23. The molecule has 0 aliphatic carbocycles. The van der Waals surface area contributed by atoms with Gasteiger partial charge in [0.1, 0.15) is 0 Å². The van der Waals surface area contributed by atoms with Gasteiger partial charge in [0.25, 0.3) is 0 Å². The summed E-state index contributed by atoms with van der Waals surface area (Å²) in [5, 5.41) is 5.09. The maximum absolute atomic E-state index is 2.38. The van der Waals surface area contributed by atoms with Crippen LogP contribution in [0.3, 0.4) is 0 Å². The Hall–Kier alpha value is -4.94. The lowest BCUT2D eigenvalue weighted by Crippen LogP contribution is -1.92. The SMILES string of the molecule is c1ccc(-c2cccc(-c3c4ccccc4c(-c4ccccc4)c4ccc(-c5ccccc5)cc34)c2)cc1. The van der Waals surface area contributed by atoms with Crippen LogP contribution in [0.25, 0.3) is 66.1 Å². The molecule has 0 nitrogen and oxygen atoms in total. The van der Waals surface area contributed by atoms with Crippen LogP contribution in [-0.4, -0.2) is 0 Å². The summed E-state index contributed by atoms with van der Waals surface area (Å²) in [7, 11) is 0. The third-order valence-electron chi connectivity index (χ3n) is 7.45. The molecule has 0 bridgehead atoms. The fourth-order valence-electron chi connectivity index (χ4n) is 5.70. The Kier molecular flexibility index (Phi) is 5.57. The fourth-order valence-corrected chi connectivity index (χ4v) is 5.70. The largest absolute Gasteiger partial charge is 0.0622 e. The second kappa shape index (κ2) is 9.50. The molecule has 0 spiro atoms. The Morgan fingerprint density at radius 3 is 1.24 bits per heavy atom. The van der Waals surface area contributed by atoms with Crippen molar-refractivity contribution in [1.29, 1.82) is 0 Å². The summed E-state index contributed by atoms with van der Waals surface area (Å²) in [6, 6.07) is 56.9. The maximum atomic E-state index is 2.38. The molecule has 0 heterocycles. The van der Waals surface area contributed by atoms with Crippen LogP contribution >= 0.6 is 0 Å². The molecule has 0 fully saturated rings. The Balaban J connectivity index is 1.60. The molecule has 0 atom stereocenters. The maximum Gasteiger partial charge on any atom is -0.00259 e. The Morgan fingerprint density at radius 1 is 0.211 bits per heavy atom. The summed E-state index contributed by atoms with van der Waals surface area (Å²) >= 11 is 0. The van der Waals surface area contributed by atoms with Crippen LogP contribution in [0.2, 0.25) is 0 Å². The lowest BCUT2D eigenvalue weighted by Gasteiger charge is -2.19. The first-order valence-electron chi connectivity index (χ1n) is 13.1. The van der Waals surface area contributed by atoms with E-state index in [4.69, 9.17) is 0 Å². The third kappa shape index (κ3) is 3.88. The standard InChI is InChI=1S/C38H26/c1-4-13-27(14-5-1)30-19-12-20-32(25-30)38-34-22-11-10-21-33(34)37(29-17-8-3-9-18-29)35-24-23-31(26-36(35)38)28-15-6-2-7-16-28/h1-26H. The second-order valence-corrected chi connectivity index (χ2v) is 9.73. The number of fused-ring (bicyclic) bond motifs is 2. The quantitative estimate of drug-likeness (QED) is 0.219. The normalized spacial score (nSPS) is 11.2. The van der Waals surface area contributed by atoms with Crippen LogP contribution in [0.4, 0.5) is 0 Å². The van der Waals surface area contributed by atoms with E-state index in [1.807, 2.05) is 0 Å². The summed E-state index contributed by atoms with van der Waals surface area (Å²) in [5.74, 6) is 0. The molecule has 7 aromatic rings. The molecule has 38 heavy (non-hydrogen) atoms. The van der Waals surface area contributed by atoms with E-state index < -0.39 is 0 Å². The minimum Gasteiger partial charge on any atom is -0.0622 e. The molecule has 0 N–H and O–H groups in total. The van der Waals surface area contributed by atoms with Crippen molar-refractivity contribution in [1.82, 2.24) is 0 Å². The van der Waals surface area contributed by atoms with Crippen LogP contribution in [0, 0.1) is 0 Å². The van der Waals surface area contributed by atoms with Crippen LogP contribution in [0.15, 0.2) is 158 Å². The summed E-state index contributed by atoms with van der Waals surface area (Å²) < 4.78 is 0. The van der Waals surface area contributed by atoms with Crippen molar-refractivity contribution >= 4 is 21.5 Å². The zero-order valence-corrected chi connectivity index (χ0v) is 21.0. The molecule has 0 saturated carbocycles. The second-order valence-electron chi connectivity index (χ2n) is 9.73. The smallest absolute Gasteiger partial charge is 0.00259 e. The van der Waals surface area contributed by atoms with E-state index in [0.717, 1.165) is 0 Å². The van der Waals surface area contributed by atoms with E-state index in [1.165, 1.54) is 66.1 Å². The number of hydrogen-bond acceptors (Lipinski definition) is 0. The fraction of sp³-hybridized carbons (Fsp3) is 0. The average molecular weight is 483 g/mol. The molecule has 0 aromatic heterocycles. The third-order valence-corrected chi connectivity index (χ3v) is 7.45.